The van der Waals surface area contributed by atoms with E-state index in [-0.39, 0.29) is 11.3 Å². The van der Waals surface area contributed by atoms with Gasteiger partial charge in [-0.25, -0.2) is 0 Å². The first-order valence-corrected chi connectivity index (χ1v) is 9.52. The summed E-state index contributed by atoms with van der Waals surface area (Å²) in [5.74, 6) is 1.03. The van der Waals surface area contributed by atoms with Gasteiger partial charge in [-0.3, -0.25) is 10.1 Å². The predicted octanol–water partition coefficient (Wildman–Crippen LogP) is 5.80. The fraction of sp³-hybridized carbons (Fsp3) is 0.143. The summed E-state index contributed by atoms with van der Waals surface area (Å²) in [6.45, 7) is 0. The fourth-order valence-corrected chi connectivity index (χ4v) is 3.32. The number of nitro benzene ring substituents is 1. The molecule has 150 valence electrons. The molecule has 0 spiro atoms. The molecule has 0 amide bonds. The third-order valence-corrected chi connectivity index (χ3v) is 4.82. The van der Waals surface area contributed by atoms with E-state index in [4.69, 9.17) is 14.2 Å². The molecule has 0 aliphatic heterocycles. The molecule has 0 aliphatic carbocycles. The highest BCUT2D eigenvalue weighted by Crippen LogP contribution is 2.34. The Morgan fingerprint density at radius 1 is 0.931 bits per heavy atom. The number of hydrogen-bond acceptors (Lipinski definition) is 7. The van der Waals surface area contributed by atoms with Gasteiger partial charge < -0.3 is 18.9 Å². The molecule has 0 unspecified atom stereocenters. The van der Waals surface area contributed by atoms with Gasteiger partial charge in [-0.15, -0.1) is 0 Å². The Hall–Kier alpha value is -3.07. The summed E-state index contributed by atoms with van der Waals surface area (Å²) in [7, 11) is 2.84. The molecular weight excluding hydrogens is 392 g/mol. The lowest BCUT2D eigenvalue weighted by atomic mass is 10.1. The zero-order valence-corrected chi connectivity index (χ0v) is 16.7. The van der Waals surface area contributed by atoms with Crippen molar-refractivity contribution in [1.29, 1.82) is 0 Å². The maximum atomic E-state index is 11.3. The number of nitrogens with zero attached hydrogens (tertiary/aromatic N) is 1. The van der Waals surface area contributed by atoms with Crippen LogP contribution in [0.5, 0.6) is 11.5 Å². The quantitative estimate of drug-likeness (QED) is 0.206. The molecule has 0 heterocycles. The number of benzene rings is 3. The van der Waals surface area contributed by atoms with Crippen LogP contribution >= 0.6 is 11.9 Å². The average molecular weight is 412 g/mol. The first kappa shape index (κ1) is 20.7. The second kappa shape index (κ2) is 9.92. The van der Waals surface area contributed by atoms with Crippen LogP contribution in [0.2, 0.25) is 0 Å². The van der Waals surface area contributed by atoms with Gasteiger partial charge in [0.25, 0.3) is 5.69 Å². The first-order chi connectivity index (χ1) is 14.1. The smallest absolute Gasteiger partial charge is 0.277 e. The molecule has 0 atom stereocenters. The second-order valence-corrected chi connectivity index (χ2v) is 6.81. The number of rotatable bonds is 9. The van der Waals surface area contributed by atoms with Crippen LogP contribution in [-0.4, -0.2) is 19.1 Å². The zero-order chi connectivity index (χ0) is 20.6. The SMILES string of the molecule is COC(OC)c1cc(Oc2cccc(NSc3ccccc3)c2)ccc1[N+](=O)[O-]. The van der Waals surface area contributed by atoms with E-state index in [0.29, 0.717) is 11.5 Å². The maximum Gasteiger partial charge on any atom is 0.277 e. The molecule has 0 aromatic heterocycles. The lowest BCUT2D eigenvalue weighted by Gasteiger charge is -2.15. The van der Waals surface area contributed by atoms with Crippen molar-refractivity contribution in [2.75, 3.05) is 18.9 Å². The molecule has 0 radical (unpaired) electrons. The van der Waals surface area contributed by atoms with E-state index < -0.39 is 11.2 Å². The summed E-state index contributed by atoms with van der Waals surface area (Å²) in [6, 6.07) is 21.9. The summed E-state index contributed by atoms with van der Waals surface area (Å²) >= 11 is 1.49. The fourth-order valence-electron chi connectivity index (χ4n) is 2.67. The Kier molecular flexibility index (Phi) is 7.07. The predicted molar refractivity (Wildman–Crippen MR) is 112 cm³/mol. The average Bonchev–Trinajstić information content (AvgIpc) is 2.74. The van der Waals surface area contributed by atoms with Gasteiger partial charge in [-0.1, -0.05) is 24.3 Å². The van der Waals surface area contributed by atoms with Gasteiger partial charge in [0, 0.05) is 36.9 Å². The van der Waals surface area contributed by atoms with Gasteiger partial charge in [-0.2, -0.15) is 0 Å². The number of anilines is 1. The Labute approximate surface area is 172 Å². The summed E-state index contributed by atoms with van der Waals surface area (Å²) in [5, 5.41) is 11.3. The van der Waals surface area contributed by atoms with Crippen molar-refractivity contribution >= 4 is 23.3 Å². The molecule has 0 saturated heterocycles. The summed E-state index contributed by atoms with van der Waals surface area (Å²) in [6.07, 6.45) is -0.866. The Bertz CT molecular complexity index is 964. The van der Waals surface area contributed by atoms with E-state index in [0.717, 1.165) is 10.6 Å². The Morgan fingerprint density at radius 3 is 2.34 bits per heavy atom. The van der Waals surface area contributed by atoms with Crippen LogP contribution in [0.3, 0.4) is 0 Å². The van der Waals surface area contributed by atoms with Crippen LogP contribution in [0.1, 0.15) is 11.9 Å². The maximum absolute atomic E-state index is 11.3. The molecule has 0 saturated carbocycles. The number of methoxy groups -OCH3 is 2. The standard InChI is InChI=1S/C21H20N2O5S/c1-26-21(27-2)19-14-17(11-12-20(19)23(24)25)28-16-8-6-7-15(13-16)22-29-18-9-4-3-5-10-18/h3-14,21-22H,1-2H3. The van der Waals surface area contributed by atoms with Crippen molar-refractivity contribution in [2.45, 2.75) is 11.2 Å². The van der Waals surface area contributed by atoms with Crippen molar-refractivity contribution in [3.63, 3.8) is 0 Å². The van der Waals surface area contributed by atoms with Gasteiger partial charge in [0.15, 0.2) is 6.29 Å². The Morgan fingerprint density at radius 2 is 1.66 bits per heavy atom. The molecule has 0 fully saturated rings. The molecule has 0 aliphatic rings. The van der Waals surface area contributed by atoms with Crippen LogP contribution in [-0.2, 0) is 9.47 Å². The topological polar surface area (TPSA) is 82.9 Å². The highest BCUT2D eigenvalue weighted by molar-refractivity contribution is 8.00. The molecule has 8 heteroatoms. The Balaban J connectivity index is 1.77. The lowest BCUT2D eigenvalue weighted by Crippen LogP contribution is -2.07. The van der Waals surface area contributed by atoms with Gasteiger partial charge in [0.1, 0.15) is 11.5 Å². The minimum atomic E-state index is -0.866. The summed E-state index contributed by atoms with van der Waals surface area (Å²) in [5.41, 5.74) is 1.05. The molecular formula is C21H20N2O5S. The third kappa shape index (κ3) is 5.47. The number of ether oxygens (including phenoxy) is 3. The van der Waals surface area contributed by atoms with E-state index in [9.17, 15) is 10.1 Å². The molecule has 0 bridgehead atoms. The highest BCUT2D eigenvalue weighted by atomic mass is 32.2. The minimum absolute atomic E-state index is 0.0965. The van der Waals surface area contributed by atoms with E-state index >= 15 is 0 Å². The van der Waals surface area contributed by atoms with E-state index in [1.54, 1.807) is 12.1 Å². The monoisotopic (exact) mass is 412 g/mol. The van der Waals surface area contributed by atoms with Crippen molar-refractivity contribution in [1.82, 2.24) is 0 Å². The summed E-state index contributed by atoms with van der Waals surface area (Å²) < 4.78 is 19.5. The zero-order valence-electron chi connectivity index (χ0n) is 15.9. The number of hydrogen-bond donors (Lipinski definition) is 1. The van der Waals surface area contributed by atoms with Crippen LogP contribution in [0, 0.1) is 10.1 Å². The van der Waals surface area contributed by atoms with Gasteiger partial charge in [0.05, 0.1) is 10.5 Å². The van der Waals surface area contributed by atoms with Crippen molar-refractivity contribution in [2.24, 2.45) is 0 Å². The van der Waals surface area contributed by atoms with E-state index in [1.807, 2.05) is 54.6 Å². The number of nitro groups is 1. The van der Waals surface area contributed by atoms with Crippen LogP contribution < -0.4 is 9.46 Å². The molecule has 7 nitrogen and oxygen atoms in total. The highest BCUT2D eigenvalue weighted by Gasteiger charge is 2.23. The largest absolute Gasteiger partial charge is 0.457 e. The van der Waals surface area contributed by atoms with Crippen molar-refractivity contribution in [3.8, 4) is 11.5 Å². The first-order valence-electron chi connectivity index (χ1n) is 8.70. The molecule has 29 heavy (non-hydrogen) atoms. The molecule has 3 rings (SSSR count). The van der Waals surface area contributed by atoms with Gasteiger partial charge in [0.2, 0.25) is 0 Å². The third-order valence-electron chi connectivity index (χ3n) is 3.98. The van der Waals surface area contributed by atoms with Crippen molar-refractivity contribution in [3.05, 3.63) is 88.5 Å². The lowest BCUT2D eigenvalue weighted by molar-refractivity contribution is -0.387. The molecule has 3 aromatic carbocycles. The van der Waals surface area contributed by atoms with Crippen LogP contribution in [0.15, 0.2) is 77.7 Å². The van der Waals surface area contributed by atoms with Crippen LogP contribution in [0.25, 0.3) is 0 Å². The normalized spacial score (nSPS) is 10.7. The van der Waals surface area contributed by atoms with E-state index in [2.05, 4.69) is 4.72 Å². The molecule has 3 aromatic rings. The van der Waals surface area contributed by atoms with E-state index in [1.165, 1.54) is 32.2 Å². The van der Waals surface area contributed by atoms with Gasteiger partial charge in [-0.05, 0) is 48.3 Å². The molecule has 1 N–H and O–H groups in total. The van der Waals surface area contributed by atoms with Crippen LogP contribution in [0.4, 0.5) is 11.4 Å². The van der Waals surface area contributed by atoms with Crippen molar-refractivity contribution < 1.29 is 19.1 Å². The number of nitrogens with one attached hydrogen (secondary N) is 1. The van der Waals surface area contributed by atoms with Gasteiger partial charge >= 0.3 is 0 Å². The minimum Gasteiger partial charge on any atom is -0.457 e. The second-order valence-electron chi connectivity index (χ2n) is 5.93. The summed E-state index contributed by atoms with van der Waals surface area (Å²) in [4.78, 5) is 11.9.